The van der Waals surface area contributed by atoms with Crippen molar-refractivity contribution in [2.75, 3.05) is 0 Å². The van der Waals surface area contributed by atoms with Crippen LogP contribution < -0.4 is 0 Å². The summed E-state index contributed by atoms with van der Waals surface area (Å²) in [6.07, 6.45) is 1.24. The van der Waals surface area contributed by atoms with Crippen molar-refractivity contribution in [1.82, 2.24) is 0 Å². The molecule has 1 aromatic carbocycles. The van der Waals surface area contributed by atoms with E-state index in [1.54, 1.807) is 0 Å². The zero-order valence-electron chi connectivity index (χ0n) is 7.30. The van der Waals surface area contributed by atoms with Gasteiger partial charge in [0.2, 0.25) is 0 Å². The van der Waals surface area contributed by atoms with E-state index in [1.165, 1.54) is 18.0 Å². The van der Waals surface area contributed by atoms with E-state index in [0.717, 1.165) is 9.04 Å². The molecule has 0 nitrogen and oxygen atoms in total. The molecular weight excluding hydrogens is 192 g/mol. The zero-order chi connectivity index (χ0) is 8.81. The fraction of sp³-hybridized carbons (Fsp3) is 0.333. The van der Waals surface area contributed by atoms with Crippen LogP contribution in [-0.4, -0.2) is 26.6 Å². The van der Waals surface area contributed by atoms with Crippen LogP contribution in [0.1, 0.15) is 5.56 Å². The third kappa shape index (κ3) is 3.51. The highest BCUT2D eigenvalue weighted by atomic mass is 29.5. The van der Waals surface area contributed by atoms with Crippen LogP contribution in [0.4, 0.5) is 0 Å². The zero-order valence-corrected chi connectivity index (χ0v) is 10.3. The predicted molar refractivity (Wildman–Crippen MR) is 58.1 cm³/mol. The Morgan fingerprint density at radius 1 is 1.33 bits per heavy atom. The van der Waals surface area contributed by atoms with Gasteiger partial charge in [-0.3, -0.25) is 0 Å². The number of benzene rings is 1. The van der Waals surface area contributed by atoms with E-state index in [-0.39, 0.29) is 7.83 Å². The van der Waals surface area contributed by atoms with Gasteiger partial charge in [-0.25, -0.2) is 0 Å². The minimum atomic E-state index is -0.193. The summed E-state index contributed by atoms with van der Waals surface area (Å²) in [5, 5.41) is 0. The quantitative estimate of drug-likeness (QED) is 0.654. The highest BCUT2D eigenvalue weighted by molar-refractivity contribution is 7.34. The Morgan fingerprint density at radius 3 is 2.58 bits per heavy atom. The van der Waals surface area contributed by atoms with Crippen LogP contribution in [0.25, 0.3) is 0 Å². The van der Waals surface area contributed by atoms with Gasteiger partial charge in [-0.15, -0.1) is 0 Å². The van der Waals surface area contributed by atoms with Crippen LogP contribution in [0.5, 0.6) is 0 Å². The Labute approximate surface area is 81.8 Å². The molecule has 3 heteroatoms. The first-order valence-corrected chi connectivity index (χ1v) is 9.82. The molecular formula is C9H12Si3. The Balaban J connectivity index is 2.33. The molecule has 0 aliphatic heterocycles. The minimum Gasteiger partial charge on any atom is -0.0759 e. The second-order valence-electron chi connectivity index (χ2n) is 2.71. The van der Waals surface area contributed by atoms with Gasteiger partial charge in [0, 0.05) is 26.6 Å². The third-order valence-corrected chi connectivity index (χ3v) is 8.72. The molecule has 0 N–H and O–H groups in total. The normalized spacial score (nSPS) is 10.6. The molecule has 0 heterocycles. The Bertz CT molecular complexity index is 210. The highest BCUT2D eigenvalue weighted by Crippen LogP contribution is 2.03. The van der Waals surface area contributed by atoms with Crippen LogP contribution in [-0.2, 0) is 6.42 Å². The van der Waals surface area contributed by atoms with Gasteiger partial charge in [0.1, 0.15) is 0 Å². The van der Waals surface area contributed by atoms with Crippen molar-refractivity contribution < 1.29 is 0 Å². The summed E-state index contributed by atoms with van der Waals surface area (Å²) in [6, 6.07) is 12.1. The third-order valence-electron chi connectivity index (χ3n) is 1.81. The second kappa shape index (κ2) is 5.50. The molecule has 6 radical (unpaired) electrons. The molecule has 1 rings (SSSR count). The predicted octanol–water partition coefficient (Wildman–Crippen LogP) is 1.64. The van der Waals surface area contributed by atoms with E-state index in [0.29, 0.717) is 0 Å². The fourth-order valence-corrected chi connectivity index (χ4v) is 3.33. The van der Waals surface area contributed by atoms with E-state index in [9.17, 15) is 0 Å². The van der Waals surface area contributed by atoms with Crippen molar-refractivity contribution in [3.05, 3.63) is 35.9 Å². The summed E-state index contributed by atoms with van der Waals surface area (Å²) in [7, 11) is 4.70. The molecule has 0 fully saturated rings. The lowest BCUT2D eigenvalue weighted by atomic mass is 10.2. The largest absolute Gasteiger partial charge is 0.0759 e. The number of hydrogen-bond acceptors (Lipinski definition) is 0. The van der Waals surface area contributed by atoms with E-state index >= 15 is 0 Å². The lowest BCUT2D eigenvalue weighted by Gasteiger charge is -2.04. The van der Waals surface area contributed by atoms with Gasteiger partial charge in [-0.2, -0.15) is 0 Å². The van der Waals surface area contributed by atoms with Crippen molar-refractivity contribution in [3.63, 3.8) is 0 Å². The monoisotopic (exact) mass is 204 g/mol. The first kappa shape index (κ1) is 9.95. The number of aryl methyl sites for hydroxylation is 1. The maximum absolute atomic E-state index is 3.80. The molecule has 0 aliphatic rings. The highest BCUT2D eigenvalue weighted by Gasteiger charge is 2.01. The van der Waals surface area contributed by atoms with Crippen LogP contribution in [0.3, 0.4) is 0 Å². The summed E-state index contributed by atoms with van der Waals surface area (Å²) in [4.78, 5) is 0. The molecule has 0 bridgehead atoms. The minimum absolute atomic E-state index is 0.193. The molecule has 0 saturated carbocycles. The van der Waals surface area contributed by atoms with Crippen molar-refractivity contribution in [2.24, 2.45) is 0 Å². The van der Waals surface area contributed by atoms with Gasteiger partial charge < -0.3 is 0 Å². The standard InChI is InChI=1S/C9H12Si3/c1-11-12(10)8-7-9-5-3-2-4-6-9/h2-6H,7-8H2,1H3. The van der Waals surface area contributed by atoms with Crippen molar-refractivity contribution in [3.8, 4) is 0 Å². The van der Waals surface area contributed by atoms with Gasteiger partial charge in [-0.1, -0.05) is 42.9 Å². The van der Waals surface area contributed by atoms with Crippen LogP contribution in [0.15, 0.2) is 30.3 Å². The Hall–Kier alpha value is -0.129. The van der Waals surface area contributed by atoms with E-state index in [4.69, 9.17) is 0 Å². The Morgan fingerprint density at radius 2 is 2.00 bits per heavy atom. The van der Waals surface area contributed by atoms with Crippen LogP contribution >= 0.6 is 0 Å². The smallest absolute Gasteiger partial charge is 0.0184 e. The molecule has 0 spiro atoms. The van der Waals surface area contributed by atoms with E-state index in [2.05, 4.69) is 46.6 Å². The van der Waals surface area contributed by atoms with Gasteiger partial charge in [-0.05, 0) is 12.0 Å². The molecule has 0 saturated heterocycles. The molecule has 60 valence electrons. The second-order valence-corrected chi connectivity index (χ2v) is 11.3. The van der Waals surface area contributed by atoms with Gasteiger partial charge in [0.15, 0.2) is 0 Å². The lowest BCUT2D eigenvalue weighted by molar-refractivity contribution is 1.13. The van der Waals surface area contributed by atoms with Gasteiger partial charge >= 0.3 is 0 Å². The summed E-state index contributed by atoms with van der Waals surface area (Å²) < 4.78 is 0. The first-order chi connectivity index (χ1) is 5.83. The van der Waals surface area contributed by atoms with Gasteiger partial charge in [0.25, 0.3) is 0 Å². The Kier molecular flexibility index (Phi) is 4.57. The summed E-state index contributed by atoms with van der Waals surface area (Å²) in [5.41, 5.74) is 1.47. The van der Waals surface area contributed by atoms with Crippen LogP contribution in [0.2, 0.25) is 12.6 Å². The van der Waals surface area contributed by atoms with Crippen molar-refractivity contribution in [1.29, 1.82) is 0 Å². The molecule has 0 unspecified atom stereocenters. The van der Waals surface area contributed by atoms with Crippen LogP contribution in [0, 0.1) is 0 Å². The molecule has 0 aromatic heterocycles. The molecule has 0 atom stereocenters. The van der Waals surface area contributed by atoms with Crippen molar-refractivity contribution >= 4 is 26.6 Å². The number of rotatable bonds is 4. The van der Waals surface area contributed by atoms with Crippen molar-refractivity contribution in [2.45, 2.75) is 19.0 Å². The maximum atomic E-state index is 3.80. The van der Waals surface area contributed by atoms with Gasteiger partial charge in [0.05, 0.1) is 0 Å². The molecule has 12 heavy (non-hydrogen) atoms. The SMILES string of the molecule is C[Si][Si]([Si])CCc1ccccc1. The average molecular weight is 204 g/mol. The topological polar surface area (TPSA) is 0 Å². The van der Waals surface area contributed by atoms with E-state index in [1.807, 2.05) is 0 Å². The average Bonchev–Trinajstić information content (AvgIpc) is 2.16. The number of hydrogen-bond donors (Lipinski definition) is 0. The summed E-state index contributed by atoms with van der Waals surface area (Å²) in [5.74, 6) is 0. The summed E-state index contributed by atoms with van der Waals surface area (Å²) >= 11 is 0. The lowest BCUT2D eigenvalue weighted by Crippen LogP contribution is -2.20. The maximum Gasteiger partial charge on any atom is 0.0184 e. The summed E-state index contributed by atoms with van der Waals surface area (Å²) in [6.45, 7) is 2.28. The molecule has 1 aromatic rings. The first-order valence-electron chi connectivity index (χ1n) is 4.12. The fourth-order valence-electron chi connectivity index (χ4n) is 1.04. The molecule has 0 amide bonds. The molecule has 0 aliphatic carbocycles. The van der Waals surface area contributed by atoms with E-state index < -0.39 is 0 Å².